The molecule has 29 heavy (non-hydrogen) atoms. The number of carbonyl (C=O) groups is 2. The molecule has 0 unspecified atom stereocenters. The lowest BCUT2D eigenvalue weighted by Gasteiger charge is -2.21. The van der Waals surface area contributed by atoms with Gasteiger partial charge in [-0.25, -0.2) is 4.79 Å². The monoisotopic (exact) mass is 399 g/mol. The van der Waals surface area contributed by atoms with Crippen LogP contribution in [0.5, 0.6) is 17.2 Å². The van der Waals surface area contributed by atoms with Gasteiger partial charge in [-0.3, -0.25) is 4.79 Å². The van der Waals surface area contributed by atoms with Crippen LogP contribution in [0.2, 0.25) is 0 Å². The number of fused-ring (bicyclic) bond motifs is 1. The van der Waals surface area contributed by atoms with Gasteiger partial charge in [-0.1, -0.05) is 18.2 Å². The molecule has 0 N–H and O–H groups in total. The number of amides is 1. The molecule has 0 bridgehead atoms. The fourth-order valence-electron chi connectivity index (χ4n) is 2.86. The lowest BCUT2D eigenvalue weighted by atomic mass is 10.1. The van der Waals surface area contributed by atoms with Crippen molar-refractivity contribution in [3.63, 3.8) is 0 Å². The van der Waals surface area contributed by atoms with Crippen molar-refractivity contribution in [3.05, 3.63) is 53.1 Å². The smallest absolute Gasteiger partial charge is 0.344 e. The number of rotatable bonds is 7. The van der Waals surface area contributed by atoms with E-state index in [1.165, 1.54) is 4.90 Å². The zero-order valence-electron chi connectivity index (χ0n) is 16.9. The van der Waals surface area contributed by atoms with Crippen LogP contribution >= 0.6 is 0 Å². The van der Waals surface area contributed by atoms with Crippen LogP contribution in [-0.4, -0.2) is 50.3 Å². The first-order valence-corrected chi connectivity index (χ1v) is 9.41. The number of benzene rings is 2. The Kier molecular flexibility index (Phi) is 6.59. The first kappa shape index (κ1) is 20.5. The number of esters is 1. The van der Waals surface area contributed by atoms with Gasteiger partial charge in [-0.15, -0.1) is 0 Å². The normalized spacial score (nSPS) is 12.2. The fourth-order valence-corrected chi connectivity index (χ4v) is 2.86. The minimum atomic E-state index is -0.591. The molecule has 2 aromatic rings. The number of likely N-dealkylation sites (N-methyl/N-ethyl adjacent to an activating group) is 1. The average molecular weight is 399 g/mol. The summed E-state index contributed by atoms with van der Waals surface area (Å²) >= 11 is 0. The highest BCUT2D eigenvalue weighted by molar-refractivity contribution is 5.80. The zero-order chi connectivity index (χ0) is 20.8. The van der Waals surface area contributed by atoms with E-state index in [0.717, 1.165) is 16.7 Å². The van der Waals surface area contributed by atoms with Crippen LogP contribution in [0.15, 0.2) is 36.4 Å². The highest BCUT2D eigenvalue weighted by Crippen LogP contribution is 2.31. The van der Waals surface area contributed by atoms with E-state index in [-0.39, 0.29) is 19.1 Å². The molecule has 7 nitrogen and oxygen atoms in total. The molecular formula is C22H25NO6. The number of hydrogen-bond donors (Lipinski definition) is 0. The van der Waals surface area contributed by atoms with E-state index in [1.54, 1.807) is 13.1 Å². The maximum Gasteiger partial charge on any atom is 0.344 e. The fraction of sp³-hybridized carbons (Fsp3) is 0.364. The van der Waals surface area contributed by atoms with Crippen molar-refractivity contribution in [2.45, 2.75) is 20.4 Å². The van der Waals surface area contributed by atoms with Crippen molar-refractivity contribution < 1.29 is 28.5 Å². The Morgan fingerprint density at radius 1 is 1.03 bits per heavy atom. The summed E-state index contributed by atoms with van der Waals surface area (Å²) in [6, 6.07) is 11.2. The number of carbonyl (C=O) groups excluding carboxylic acids is 2. The van der Waals surface area contributed by atoms with Gasteiger partial charge in [0.15, 0.2) is 24.7 Å². The number of hydrogen-bond acceptors (Lipinski definition) is 6. The lowest BCUT2D eigenvalue weighted by Crippen LogP contribution is -2.31. The number of ether oxygens (including phenoxy) is 4. The van der Waals surface area contributed by atoms with E-state index in [2.05, 4.69) is 0 Å². The molecule has 1 aliphatic rings. The first-order chi connectivity index (χ1) is 13.9. The van der Waals surface area contributed by atoms with Crippen LogP contribution in [0, 0.1) is 13.8 Å². The molecule has 0 aliphatic carbocycles. The topological polar surface area (TPSA) is 74.3 Å². The van der Waals surface area contributed by atoms with E-state index < -0.39 is 5.97 Å². The maximum absolute atomic E-state index is 12.3. The molecule has 3 rings (SSSR count). The standard InChI is InChI=1S/C22H25NO6/c1-15-5-4-6-18(16(15)2)28-14-22(25)29-13-21(24)23(3)12-17-7-8-19-20(11-17)27-10-9-26-19/h4-8,11H,9-10,12-14H2,1-3H3. The van der Waals surface area contributed by atoms with Gasteiger partial charge in [0, 0.05) is 13.6 Å². The summed E-state index contributed by atoms with van der Waals surface area (Å²) in [5.41, 5.74) is 2.94. The molecule has 0 saturated heterocycles. The van der Waals surface area contributed by atoms with Crippen LogP contribution in [0.3, 0.4) is 0 Å². The minimum Gasteiger partial charge on any atom is -0.486 e. The number of aryl methyl sites for hydroxylation is 1. The molecule has 0 aromatic heterocycles. The van der Waals surface area contributed by atoms with E-state index in [4.69, 9.17) is 18.9 Å². The molecule has 0 fully saturated rings. The van der Waals surface area contributed by atoms with E-state index >= 15 is 0 Å². The van der Waals surface area contributed by atoms with E-state index in [0.29, 0.717) is 37.0 Å². The SMILES string of the molecule is Cc1cccc(OCC(=O)OCC(=O)N(C)Cc2ccc3c(c2)OCCO3)c1C. The Bertz CT molecular complexity index is 895. The molecule has 7 heteroatoms. The lowest BCUT2D eigenvalue weighted by molar-refractivity contribution is -0.153. The molecule has 0 atom stereocenters. The summed E-state index contributed by atoms with van der Waals surface area (Å²) in [5, 5.41) is 0. The van der Waals surface area contributed by atoms with Gasteiger partial charge < -0.3 is 23.8 Å². The van der Waals surface area contributed by atoms with Crippen molar-refractivity contribution >= 4 is 11.9 Å². The van der Waals surface area contributed by atoms with Gasteiger partial charge in [0.05, 0.1) is 0 Å². The number of nitrogens with zero attached hydrogens (tertiary/aromatic N) is 1. The predicted molar refractivity (Wildman–Crippen MR) is 106 cm³/mol. The molecule has 154 valence electrons. The molecule has 0 radical (unpaired) electrons. The second kappa shape index (κ2) is 9.32. The van der Waals surface area contributed by atoms with Gasteiger partial charge >= 0.3 is 5.97 Å². The Balaban J connectivity index is 1.44. The van der Waals surface area contributed by atoms with E-state index in [9.17, 15) is 9.59 Å². The third-order valence-electron chi connectivity index (χ3n) is 4.71. The molecule has 0 saturated carbocycles. The zero-order valence-corrected chi connectivity index (χ0v) is 16.9. The van der Waals surface area contributed by atoms with Gasteiger partial charge in [-0.05, 0) is 48.7 Å². The summed E-state index contributed by atoms with van der Waals surface area (Å²) in [7, 11) is 1.65. The van der Waals surface area contributed by atoms with Crippen LogP contribution in [0.25, 0.3) is 0 Å². The third-order valence-corrected chi connectivity index (χ3v) is 4.71. The highest BCUT2D eigenvalue weighted by atomic mass is 16.6. The van der Waals surface area contributed by atoms with Crippen molar-refractivity contribution in [2.75, 3.05) is 33.5 Å². The summed E-state index contributed by atoms with van der Waals surface area (Å²) in [6.07, 6.45) is 0. The maximum atomic E-state index is 12.3. The minimum absolute atomic E-state index is 0.247. The predicted octanol–water partition coefficient (Wildman–Crippen LogP) is 2.66. The first-order valence-electron chi connectivity index (χ1n) is 9.41. The van der Waals surface area contributed by atoms with Crippen molar-refractivity contribution in [1.82, 2.24) is 4.90 Å². The van der Waals surface area contributed by atoms with Crippen molar-refractivity contribution in [2.24, 2.45) is 0 Å². The Morgan fingerprint density at radius 2 is 1.79 bits per heavy atom. The van der Waals surface area contributed by atoms with Crippen LogP contribution in [-0.2, 0) is 20.9 Å². The molecule has 1 aliphatic heterocycles. The van der Waals surface area contributed by atoms with Gasteiger partial charge in [-0.2, -0.15) is 0 Å². The molecular weight excluding hydrogens is 374 g/mol. The summed E-state index contributed by atoms with van der Waals surface area (Å²) in [4.78, 5) is 25.7. The van der Waals surface area contributed by atoms with Crippen molar-refractivity contribution in [1.29, 1.82) is 0 Å². The molecule has 1 amide bonds. The second-order valence-electron chi connectivity index (χ2n) is 6.88. The Hall–Kier alpha value is -3.22. The molecule has 0 spiro atoms. The van der Waals surface area contributed by atoms with Gasteiger partial charge in [0.1, 0.15) is 19.0 Å². The summed E-state index contributed by atoms with van der Waals surface area (Å²) < 4.78 is 21.6. The Morgan fingerprint density at radius 3 is 2.59 bits per heavy atom. The highest BCUT2D eigenvalue weighted by Gasteiger charge is 2.16. The third kappa shape index (κ3) is 5.40. The van der Waals surface area contributed by atoms with E-state index in [1.807, 2.05) is 44.2 Å². The Labute approximate surface area is 170 Å². The van der Waals surface area contributed by atoms with Crippen LogP contribution < -0.4 is 14.2 Å². The quantitative estimate of drug-likeness (QED) is 0.667. The second-order valence-corrected chi connectivity index (χ2v) is 6.88. The van der Waals surface area contributed by atoms with Crippen molar-refractivity contribution in [3.8, 4) is 17.2 Å². The van der Waals surface area contributed by atoms with Gasteiger partial charge in [0.25, 0.3) is 5.91 Å². The summed E-state index contributed by atoms with van der Waals surface area (Å²) in [6.45, 7) is 4.71. The molecule has 2 aromatic carbocycles. The molecule has 1 heterocycles. The van der Waals surface area contributed by atoms with Crippen LogP contribution in [0.1, 0.15) is 16.7 Å². The average Bonchev–Trinajstić information content (AvgIpc) is 2.72. The summed E-state index contributed by atoms with van der Waals surface area (Å²) in [5.74, 6) is 1.10. The van der Waals surface area contributed by atoms with Gasteiger partial charge in [0.2, 0.25) is 0 Å². The largest absolute Gasteiger partial charge is 0.486 e. The van der Waals surface area contributed by atoms with Crippen LogP contribution in [0.4, 0.5) is 0 Å².